The fraction of sp³-hybridized carbons (Fsp3) is 0.0625. The average molecular weight is 288 g/mol. The van der Waals surface area contributed by atoms with Crippen LogP contribution in [0, 0.1) is 0 Å². The van der Waals surface area contributed by atoms with Crippen LogP contribution in [0.3, 0.4) is 0 Å². The van der Waals surface area contributed by atoms with Crippen molar-refractivity contribution < 1.29 is 13.2 Å². The van der Waals surface area contributed by atoms with E-state index in [-0.39, 0.29) is 11.2 Å². The molecule has 2 N–H and O–H groups in total. The third-order valence-corrected chi connectivity index (χ3v) is 3.25. The number of aromatic nitrogens is 1. The molecule has 5 heteroatoms. The molecule has 0 radical (unpaired) electrons. The second-order valence-electron chi connectivity index (χ2n) is 4.66. The van der Waals surface area contributed by atoms with E-state index < -0.39 is 11.7 Å². The zero-order chi connectivity index (χ0) is 15.0. The van der Waals surface area contributed by atoms with Crippen LogP contribution in [0.1, 0.15) is 5.56 Å². The summed E-state index contributed by atoms with van der Waals surface area (Å²) in [4.78, 5) is 4.17. The van der Waals surface area contributed by atoms with Gasteiger partial charge in [0.25, 0.3) is 0 Å². The van der Waals surface area contributed by atoms with Gasteiger partial charge in [-0.2, -0.15) is 13.2 Å². The number of para-hydroxylation sites is 1. The summed E-state index contributed by atoms with van der Waals surface area (Å²) in [6.07, 6.45) is -4.46. The highest BCUT2D eigenvalue weighted by atomic mass is 19.4. The molecule has 0 atom stereocenters. The van der Waals surface area contributed by atoms with Gasteiger partial charge in [-0.05, 0) is 12.1 Å². The van der Waals surface area contributed by atoms with Gasteiger partial charge < -0.3 is 5.73 Å². The first kappa shape index (κ1) is 13.4. The fourth-order valence-electron chi connectivity index (χ4n) is 2.26. The third-order valence-electron chi connectivity index (χ3n) is 3.25. The Morgan fingerprint density at radius 1 is 0.905 bits per heavy atom. The molecule has 0 spiro atoms. The summed E-state index contributed by atoms with van der Waals surface area (Å²) in [5.74, 6) is 0. The van der Waals surface area contributed by atoms with Crippen LogP contribution in [0.15, 0.2) is 54.6 Å². The van der Waals surface area contributed by atoms with Crippen LogP contribution in [0.25, 0.3) is 22.2 Å². The van der Waals surface area contributed by atoms with Crippen molar-refractivity contribution in [3.05, 3.63) is 60.2 Å². The molecule has 106 valence electrons. The van der Waals surface area contributed by atoms with E-state index in [0.717, 1.165) is 11.6 Å². The van der Waals surface area contributed by atoms with E-state index in [1.165, 1.54) is 6.07 Å². The highest BCUT2D eigenvalue weighted by Crippen LogP contribution is 2.36. The first-order valence-corrected chi connectivity index (χ1v) is 6.28. The molecule has 1 heterocycles. The summed E-state index contributed by atoms with van der Waals surface area (Å²) in [6, 6.07) is 14.5. The van der Waals surface area contributed by atoms with Gasteiger partial charge in [0.05, 0.1) is 16.8 Å². The second kappa shape index (κ2) is 4.77. The Morgan fingerprint density at radius 2 is 1.62 bits per heavy atom. The zero-order valence-electron chi connectivity index (χ0n) is 10.9. The predicted molar refractivity (Wildman–Crippen MR) is 76.6 cm³/mol. The first-order chi connectivity index (χ1) is 9.97. The van der Waals surface area contributed by atoms with E-state index in [2.05, 4.69) is 4.98 Å². The van der Waals surface area contributed by atoms with Crippen molar-refractivity contribution in [3.63, 3.8) is 0 Å². The number of hydrogen-bond acceptors (Lipinski definition) is 2. The van der Waals surface area contributed by atoms with E-state index in [4.69, 9.17) is 5.73 Å². The van der Waals surface area contributed by atoms with Gasteiger partial charge in [-0.25, -0.2) is 4.98 Å². The van der Waals surface area contributed by atoms with Crippen molar-refractivity contribution in [3.8, 4) is 11.3 Å². The number of halogens is 3. The predicted octanol–water partition coefficient (Wildman–Crippen LogP) is 4.50. The van der Waals surface area contributed by atoms with Gasteiger partial charge in [0.2, 0.25) is 0 Å². The van der Waals surface area contributed by atoms with Crippen LogP contribution in [-0.2, 0) is 6.18 Å². The molecule has 2 aromatic carbocycles. The van der Waals surface area contributed by atoms with Crippen molar-refractivity contribution in [1.82, 2.24) is 4.98 Å². The van der Waals surface area contributed by atoms with E-state index in [1.807, 2.05) is 6.07 Å². The van der Waals surface area contributed by atoms with Crippen LogP contribution in [0.4, 0.5) is 18.9 Å². The molecule has 2 nitrogen and oxygen atoms in total. The van der Waals surface area contributed by atoms with Gasteiger partial charge >= 0.3 is 6.18 Å². The number of benzene rings is 2. The molecule has 1 aromatic heterocycles. The average Bonchev–Trinajstić information content (AvgIpc) is 2.46. The Bertz CT molecular complexity index is 796. The Morgan fingerprint density at radius 3 is 2.29 bits per heavy atom. The Labute approximate surface area is 119 Å². The number of nitrogen functional groups attached to an aromatic ring is 1. The lowest BCUT2D eigenvalue weighted by Crippen LogP contribution is -2.07. The molecule has 0 unspecified atom stereocenters. The summed E-state index contributed by atoms with van der Waals surface area (Å²) in [6.45, 7) is 0. The van der Waals surface area contributed by atoms with Crippen LogP contribution in [0.5, 0.6) is 0 Å². The van der Waals surface area contributed by atoms with Crippen LogP contribution in [-0.4, -0.2) is 4.98 Å². The molecule has 3 rings (SSSR count). The number of nitrogens with zero attached hydrogens (tertiary/aromatic N) is 1. The number of rotatable bonds is 1. The van der Waals surface area contributed by atoms with E-state index in [1.54, 1.807) is 36.4 Å². The molecule has 0 amide bonds. The number of hydrogen-bond donors (Lipinski definition) is 1. The molecule has 0 aliphatic heterocycles. The molecular formula is C16H11F3N2. The minimum Gasteiger partial charge on any atom is -0.398 e. The lowest BCUT2D eigenvalue weighted by atomic mass is 10.0. The second-order valence-corrected chi connectivity index (χ2v) is 4.66. The van der Waals surface area contributed by atoms with E-state index >= 15 is 0 Å². The van der Waals surface area contributed by atoms with Gasteiger partial charge in [-0.1, -0.05) is 42.5 Å². The number of nitrogens with two attached hydrogens (primary N) is 1. The zero-order valence-corrected chi connectivity index (χ0v) is 10.9. The maximum absolute atomic E-state index is 13.1. The van der Waals surface area contributed by atoms with Crippen LogP contribution < -0.4 is 5.73 Å². The van der Waals surface area contributed by atoms with Gasteiger partial charge in [-0.15, -0.1) is 0 Å². The fourth-order valence-corrected chi connectivity index (χ4v) is 2.26. The lowest BCUT2D eigenvalue weighted by Gasteiger charge is -2.12. The maximum Gasteiger partial charge on any atom is 0.418 e. The van der Waals surface area contributed by atoms with E-state index in [9.17, 15) is 13.2 Å². The van der Waals surface area contributed by atoms with Gasteiger partial charge in [0.1, 0.15) is 0 Å². The van der Waals surface area contributed by atoms with Crippen molar-refractivity contribution in [1.29, 1.82) is 0 Å². The normalized spacial score (nSPS) is 11.8. The molecule has 0 saturated carbocycles. The quantitative estimate of drug-likeness (QED) is 0.716. The van der Waals surface area contributed by atoms with Gasteiger partial charge in [0.15, 0.2) is 0 Å². The number of alkyl halides is 3. The van der Waals surface area contributed by atoms with Crippen molar-refractivity contribution in [2.75, 3.05) is 5.73 Å². The van der Waals surface area contributed by atoms with Gasteiger partial charge in [0, 0.05) is 16.6 Å². The Balaban J connectivity index is 2.32. The summed E-state index contributed by atoms with van der Waals surface area (Å²) in [5, 5.41) is 0.310. The summed E-state index contributed by atoms with van der Waals surface area (Å²) in [7, 11) is 0. The van der Waals surface area contributed by atoms with Crippen molar-refractivity contribution >= 4 is 16.6 Å². The monoisotopic (exact) mass is 288 g/mol. The smallest absolute Gasteiger partial charge is 0.398 e. The van der Waals surface area contributed by atoms with Crippen LogP contribution >= 0.6 is 0 Å². The number of fused-ring (bicyclic) bond motifs is 1. The minimum absolute atomic E-state index is 0.121. The third kappa shape index (κ3) is 2.42. The van der Waals surface area contributed by atoms with Gasteiger partial charge in [-0.3, -0.25) is 0 Å². The SMILES string of the molecule is Nc1cc(-c2ccccc2)nc2c(C(F)(F)F)cccc12. The summed E-state index contributed by atoms with van der Waals surface area (Å²) < 4.78 is 39.3. The number of pyridine rings is 1. The van der Waals surface area contributed by atoms with Crippen LogP contribution in [0.2, 0.25) is 0 Å². The molecule has 21 heavy (non-hydrogen) atoms. The van der Waals surface area contributed by atoms with E-state index in [0.29, 0.717) is 11.1 Å². The maximum atomic E-state index is 13.1. The molecular weight excluding hydrogens is 277 g/mol. The highest BCUT2D eigenvalue weighted by molar-refractivity contribution is 5.94. The molecule has 0 saturated heterocycles. The number of anilines is 1. The van der Waals surface area contributed by atoms with Crippen molar-refractivity contribution in [2.45, 2.75) is 6.18 Å². The summed E-state index contributed by atoms with van der Waals surface area (Å²) >= 11 is 0. The molecule has 3 aromatic rings. The lowest BCUT2D eigenvalue weighted by molar-refractivity contribution is -0.136. The highest BCUT2D eigenvalue weighted by Gasteiger charge is 2.33. The molecule has 0 bridgehead atoms. The standard InChI is InChI=1S/C16H11F3N2/c17-16(18,19)12-8-4-7-11-13(20)9-14(21-15(11)12)10-5-2-1-3-6-10/h1-9H,(H2,20,21). The topological polar surface area (TPSA) is 38.9 Å². The molecule has 0 aliphatic carbocycles. The molecule has 0 fully saturated rings. The minimum atomic E-state index is -4.46. The Kier molecular flexibility index (Phi) is 3.05. The Hall–Kier alpha value is -2.56. The largest absolute Gasteiger partial charge is 0.418 e. The van der Waals surface area contributed by atoms with Crippen molar-refractivity contribution in [2.24, 2.45) is 0 Å². The first-order valence-electron chi connectivity index (χ1n) is 6.28. The summed E-state index contributed by atoms with van der Waals surface area (Å²) in [5.41, 5.74) is 6.44. The molecule has 0 aliphatic rings.